The molecule has 0 aliphatic rings. The first-order chi connectivity index (χ1) is 6.42. The first-order valence-corrected chi connectivity index (χ1v) is 6.28. The summed E-state index contributed by atoms with van der Waals surface area (Å²) in [7, 11) is 0. The Balaban J connectivity index is 4.17. The molecule has 0 radical (unpaired) electrons. The average molecular weight is 218 g/mol. The zero-order valence-corrected chi connectivity index (χ0v) is 10.5. The van der Waals surface area contributed by atoms with Crippen molar-refractivity contribution in [1.82, 2.24) is 0 Å². The summed E-state index contributed by atoms with van der Waals surface area (Å²) in [6.07, 6.45) is 2.79. The van der Waals surface area contributed by atoms with Crippen LogP contribution in [0.25, 0.3) is 0 Å². The number of aliphatic carboxylic acids is 1. The van der Waals surface area contributed by atoms with E-state index in [4.69, 9.17) is 5.11 Å². The summed E-state index contributed by atoms with van der Waals surface area (Å²) in [6, 6.07) is 0. The molecule has 0 aromatic rings. The normalized spacial score (nSPS) is 15.5. The molecule has 14 heavy (non-hydrogen) atoms. The van der Waals surface area contributed by atoms with Crippen LogP contribution in [0.4, 0.5) is 0 Å². The van der Waals surface area contributed by atoms with Crippen molar-refractivity contribution in [3.8, 4) is 0 Å². The molecule has 0 aliphatic carbocycles. The predicted octanol–water partition coefficient (Wildman–Crippen LogP) is 3.41. The quantitative estimate of drug-likeness (QED) is 0.711. The molecule has 1 unspecified atom stereocenters. The van der Waals surface area contributed by atoms with Gasteiger partial charge >= 0.3 is 5.97 Å². The monoisotopic (exact) mass is 218 g/mol. The van der Waals surface area contributed by atoms with Crippen LogP contribution < -0.4 is 0 Å². The molecule has 0 aromatic heterocycles. The Bertz CT molecular complexity index is 180. The second-order valence-corrected chi connectivity index (χ2v) is 5.91. The smallest absolute Gasteiger partial charge is 0.319 e. The minimum atomic E-state index is -0.670. The third-order valence-electron chi connectivity index (χ3n) is 2.28. The van der Waals surface area contributed by atoms with Gasteiger partial charge in [0.15, 0.2) is 0 Å². The highest BCUT2D eigenvalue weighted by molar-refractivity contribution is 8.01. The summed E-state index contributed by atoms with van der Waals surface area (Å²) in [5, 5.41) is 9.15. The zero-order chi connectivity index (χ0) is 11.2. The molecule has 0 bridgehead atoms. The maximum atomic E-state index is 11.1. The molecule has 0 aliphatic heterocycles. The van der Waals surface area contributed by atoms with Gasteiger partial charge in [-0.25, -0.2) is 0 Å². The predicted molar refractivity (Wildman–Crippen MR) is 62.9 cm³/mol. The van der Waals surface area contributed by atoms with Crippen molar-refractivity contribution in [2.75, 3.05) is 5.75 Å². The molecule has 0 aromatic carbocycles. The van der Waals surface area contributed by atoms with Crippen molar-refractivity contribution in [3.63, 3.8) is 0 Å². The van der Waals surface area contributed by atoms with Crippen LogP contribution in [0.15, 0.2) is 0 Å². The number of thioether (sulfide) groups is 1. The van der Waals surface area contributed by atoms with Gasteiger partial charge in [0.25, 0.3) is 0 Å². The molecule has 0 fully saturated rings. The van der Waals surface area contributed by atoms with Gasteiger partial charge < -0.3 is 5.11 Å². The van der Waals surface area contributed by atoms with Crippen LogP contribution in [0.1, 0.15) is 47.0 Å². The van der Waals surface area contributed by atoms with Gasteiger partial charge in [0, 0.05) is 0 Å². The van der Waals surface area contributed by atoms with Crippen molar-refractivity contribution < 1.29 is 9.90 Å². The maximum absolute atomic E-state index is 11.1. The fraction of sp³-hybridized carbons (Fsp3) is 0.909. The first-order valence-electron chi connectivity index (χ1n) is 5.29. The molecular weight excluding hydrogens is 196 g/mol. The topological polar surface area (TPSA) is 37.3 Å². The minimum Gasteiger partial charge on any atom is -0.480 e. The van der Waals surface area contributed by atoms with Crippen molar-refractivity contribution in [2.45, 2.75) is 51.7 Å². The molecule has 2 nitrogen and oxygen atoms in total. The second kappa shape index (κ2) is 6.33. The van der Waals surface area contributed by atoms with Gasteiger partial charge in [-0.3, -0.25) is 4.79 Å². The summed E-state index contributed by atoms with van der Waals surface area (Å²) in [4.78, 5) is 11.1. The van der Waals surface area contributed by atoms with Gasteiger partial charge in [-0.1, -0.05) is 20.8 Å². The third-order valence-corrected chi connectivity index (χ3v) is 3.90. The van der Waals surface area contributed by atoms with Gasteiger partial charge in [-0.05, 0) is 37.9 Å². The zero-order valence-electron chi connectivity index (χ0n) is 9.67. The summed E-state index contributed by atoms with van der Waals surface area (Å²) in [5.74, 6) is 0.841. The van der Waals surface area contributed by atoms with E-state index in [1.807, 2.05) is 6.92 Å². The molecule has 1 N–H and O–H groups in total. The van der Waals surface area contributed by atoms with Crippen LogP contribution >= 0.6 is 11.8 Å². The fourth-order valence-corrected chi connectivity index (χ4v) is 2.17. The van der Waals surface area contributed by atoms with E-state index >= 15 is 0 Å². The second-order valence-electron chi connectivity index (χ2n) is 4.32. The largest absolute Gasteiger partial charge is 0.480 e. The number of carboxylic acid groups (broad SMARTS) is 1. The van der Waals surface area contributed by atoms with E-state index in [-0.39, 0.29) is 0 Å². The highest BCUT2D eigenvalue weighted by atomic mass is 32.2. The number of hydrogen-bond acceptors (Lipinski definition) is 2. The van der Waals surface area contributed by atoms with Gasteiger partial charge in [0.2, 0.25) is 0 Å². The van der Waals surface area contributed by atoms with Crippen LogP contribution in [0.3, 0.4) is 0 Å². The highest BCUT2D eigenvalue weighted by Gasteiger charge is 2.32. The molecule has 0 saturated heterocycles. The Morgan fingerprint density at radius 2 is 2.07 bits per heavy atom. The van der Waals surface area contributed by atoms with Crippen LogP contribution in [0.5, 0.6) is 0 Å². The van der Waals surface area contributed by atoms with Gasteiger partial charge in [-0.15, -0.1) is 11.8 Å². The van der Waals surface area contributed by atoms with E-state index in [0.717, 1.165) is 25.0 Å². The Hall–Kier alpha value is -0.180. The van der Waals surface area contributed by atoms with E-state index in [0.29, 0.717) is 5.92 Å². The molecule has 0 rings (SSSR count). The number of hydrogen-bond donors (Lipinski definition) is 1. The molecule has 3 heteroatoms. The Labute approximate surface area is 91.5 Å². The summed E-state index contributed by atoms with van der Waals surface area (Å²) >= 11 is 1.57. The van der Waals surface area contributed by atoms with Gasteiger partial charge in [0.1, 0.15) is 4.75 Å². The lowest BCUT2D eigenvalue weighted by atomic mass is 9.99. The minimum absolute atomic E-state index is 0.580. The van der Waals surface area contributed by atoms with E-state index in [1.54, 1.807) is 11.8 Å². The fourth-order valence-electron chi connectivity index (χ4n) is 1.13. The lowest BCUT2D eigenvalue weighted by molar-refractivity contribution is -0.139. The van der Waals surface area contributed by atoms with Crippen LogP contribution in [0, 0.1) is 5.92 Å². The van der Waals surface area contributed by atoms with Crippen molar-refractivity contribution in [1.29, 1.82) is 0 Å². The lowest BCUT2D eigenvalue weighted by Gasteiger charge is -2.24. The molecule has 84 valence electrons. The van der Waals surface area contributed by atoms with Crippen molar-refractivity contribution >= 4 is 17.7 Å². The third kappa shape index (κ3) is 4.89. The highest BCUT2D eigenvalue weighted by Crippen LogP contribution is 2.32. The molecule has 0 amide bonds. The molecular formula is C11H22O2S. The van der Waals surface area contributed by atoms with E-state index < -0.39 is 10.7 Å². The number of rotatable bonds is 7. The lowest BCUT2D eigenvalue weighted by Crippen LogP contribution is -2.32. The van der Waals surface area contributed by atoms with Gasteiger partial charge in [-0.2, -0.15) is 0 Å². The molecule has 0 heterocycles. The summed E-state index contributed by atoms with van der Waals surface area (Å²) in [5.41, 5.74) is 0. The standard InChI is InChI=1S/C11H22O2S/c1-5-8-14-11(4,10(12)13)7-6-9(2)3/h9H,5-8H2,1-4H3,(H,12,13). The summed E-state index contributed by atoms with van der Waals surface area (Å²) < 4.78 is -0.583. The van der Waals surface area contributed by atoms with Crippen LogP contribution in [0.2, 0.25) is 0 Å². The van der Waals surface area contributed by atoms with Crippen LogP contribution in [-0.2, 0) is 4.79 Å². The number of carbonyl (C=O) groups is 1. The maximum Gasteiger partial charge on any atom is 0.319 e. The van der Waals surface area contributed by atoms with E-state index in [2.05, 4.69) is 20.8 Å². The number of carboxylic acids is 1. The Morgan fingerprint density at radius 1 is 1.50 bits per heavy atom. The van der Waals surface area contributed by atoms with Crippen molar-refractivity contribution in [2.24, 2.45) is 5.92 Å². The Kier molecular flexibility index (Phi) is 6.25. The van der Waals surface area contributed by atoms with E-state index in [9.17, 15) is 4.79 Å². The molecule has 0 saturated carbocycles. The first kappa shape index (κ1) is 13.8. The van der Waals surface area contributed by atoms with Crippen LogP contribution in [-0.4, -0.2) is 21.6 Å². The SMILES string of the molecule is CCCSC(C)(CCC(C)C)C(=O)O. The van der Waals surface area contributed by atoms with Gasteiger partial charge in [0.05, 0.1) is 0 Å². The molecule has 1 atom stereocenters. The van der Waals surface area contributed by atoms with E-state index in [1.165, 1.54) is 0 Å². The summed E-state index contributed by atoms with van der Waals surface area (Å²) in [6.45, 7) is 8.19. The van der Waals surface area contributed by atoms with Crippen molar-refractivity contribution in [3.05, 3.63) is 0 Å². The molecule has 0 spiro atoms. The average Bonchev–Trinajstić information content (AvgIpc) is 2.11. The Morgan fingerprint density at radius 3 is 2.43 bits per heavy atom.